The van der Waals surface area contributed by atoms with Crippen molar-refractivity contribution >= 4 is 39.7 Å². The van der Waals surface area contributed by atoms with E-state index in [1.807, 2.05) is 0 Å². The molecule has 0 unspecified atom stereocenters. The van der Waals surface area contributed by atoms with Crippen molar-refractivity contribution in [3.8, 4) is 5.75 Å². The van der Waals surface area contributed by atoms with Crippen LogP contribution in [-0.2, 0) is 10.1 Å². The van der Waals surface area contributed by atoms with Gasteiger partial charge in [-0.25, -0.2) is 0 Å². The van der Waals surface area contributed by atoms with Crippen LogP contribution in [0.4, 0.5) is 0 Å². The van der Waals surface area contributed by atoms with Gasteiger partial charge in [-0.15, -0.1) is 0 Å². The van der Waals surface area contributed by atoms with Crippen LogP contribution in [0.1, 0.15) is 12.8 Å². The second-order valence-corrected chi connectivity index (χ2v) is 5.12. The quantitative estimate of drug-likeness (QED) is 0.643. The van der Waals surface area contributed by atoms with Gasteiger partial charge in [-0.05, 0) is 43.0 Å². The Morgan fingerprint density at radius 3 is 2.25 bits per heavy atom. The van der Waals surface area contributed by atoms with Gasteiger partial charge < -0.3 is 4.74 Å². The number of rotatable bonds is 4. The van der Waals surface area contributed by atoms with Crippen molar-refractivity contribution < 1.29 is 17.7 Å². The normalized spacial score (nSPS) is 15.3. The van der Waals surface area contributed by atoms with E-state index in [1.54, 1.807) is 12.1 Å². The maximum atomic E-state index is 10.7. The van der Waals surface area contributed by atoms with Crippen LogP contribution in [0.25, 0.3) is 0 Å². The SMILES string of the molecule is O=S(=O)(O)c1ccc(OCC2CC2)cc1.[NaH]. The predicted octanol–water partition coefficient (Wildman–Crippen LogP) is 1.07. The molecule has 1 fully saturated rings. The minimum atomic E-state index is -4.09. The number of hydrogen-bond donors (Lipinski definition) is 1. The van der Waals surface area contributed by atoms with E-state index in [0.29, 0.717) is 18.3 Å². The standard InChI is InChI=1S/C10H12O4S.Na.H/c11-15(12,13)10-5-3-9(4-6-10)14-7-8-1-2-8;;/h3-6,8H,1-2,7H2,(H,11,12,13);;. The molecule has 0 bridgehead atoms. The molecule has 0 saturated heterocycles. The van der Waals surface area contributed by atoms with Crippen molar-refractivity contribution in [1.82, 2.24) is 0 Å². The van der Waals surface area contributed by atoms with E-state index in [0.717, 1.165) is 0 Å². The first kappa shape index (κ1) is 14.0. The third-order valence-corrected chi connectivity index (χ3v) is 3.17. The van der Waals surface area contributed by atoms with Crippen molar-refractivity contribution in [1.29, 1.82) is 0 Å². The monoisotopic (exact) mass is 252 g/mol. The fourth-order valence-corrected chi connectivity index (χ4v) is 1.69. The van der Waals surface area contributed by atoms with E-state index < -0.39 is 10.1 Å². The van der Waals surface area contributed by atoms with Crippen molar-refractivity contribution in [2.24, 2.45) is 5.92 Å². The first-order chi connectivity index (χ1) is 7.05. The van der Waals surface area contributed by atoms with Gasteiger partial charge in [0.15, 0.2) is 0 Å². The number of hydrogen-bond acceptors (Lipinski definition) is 3. The predicted molar refractivity (Wildman–Crippen MR) is 61.6 cm³/mol. The number of ether oxygens (including phenoxy) is 1. The molecule has 1 N–H and O–H groups in total. The summed E-state index contributed by atoms with van der Waals surface area (Å²) in [5, 5.41) is 0. The minimum absolute atomic E-state index is 0. The summed E-state index contributed by atoms with van der Waals surface area (Å²) in [5.74, 6) is 1.29. The van der Waals surface area contributed by atoms with Crippen LogP contribution in [-0.4, -0.2) is 49.1 Å². The molecule has 16 heavy (non-hydrogen) atoms. The third kappa shape index (κ3) is 4.07. The second-order valence-electron chi connectivity index (χ2n) is 3.70. The topological polar surface area (TPSA) is 63.6 Å². The molecule has 0 amide bonds. The number of benzene rings is 1. The molecule has 6 heteroatoms. The van der Waals surface area contributed by atoms with E-state index in [1.165, 1.54) is 25.0 Å². The van der Waals surface area contributed by atoms with Gasteiger partial charge in [-0.2, -0.15) is 8.42 Å². The Bertz CT molecular complexity index is 436. The zero-order valence-electron chi connectivity index (χ0n) is 8.09. The Balaban J connectivity index is 0.00000128. The average Bonchev–Trinajstić information content (AvgIpc) is 2.97. The summed E-state index contributed by atoms with van der Waals surface area (Å²) in [6.07, 6.45) is 2.42. The Morgan fingerprint density at radius 1 is 1.25 bits per heavy atom. The Morgan fingerprint density at radius 2 is 1.81 bits per heavy atom. The molecule has 1 aliphatic rings. The van der Waals surface area contributed by atoms with Crippen LogP contribution in [0, 0.1) is 5.92 Å². The van der Waals surface area contributed by atoms with Gasteiger partial charge in [-0.3, -0.25) is 4.55 Å². The summed E-state index contributed by atoms with van der Waals surface area (Å²) in [4.78, 5) is -0.110. The van der Waals surface area contributed by atoms with E-state index in [9.17, 15) is 8.42 Å². The molecule has 1 aromatic carbocycles. The van der Waals surface area contributed by atoms with E-state index in [2.05, 4.69) is 0 Å². The van der Waals surface area contributed by atoms with Crippen molar-refractivity contribution in [3.63, 3.8) is 0 Å². The van der Waals surface area contributed by atoms with Gasteiger partial charge in [0, 0.05) is 0 Å². The van der Waals surface area contributed by atoms with Gasteiger partial charge in [0.05, 0.1) is 11.5 Å². The van der Waals surface area contributed by atoms with Gasteiger partial charge in [0.1, 0.15) is 5.75 Å². The molecule has 1 aromatic rings. The Hall–Kier alpha value is -0.0700. The molecule has 0 radical (unpaired) electrons. The third-order valence-electron chi connectivity index (χ3n) is 2.30. The first-order valence-electron chi connectivity index (χ1n) is 4.76. The molecule has 84 valence electrons. The molecule has 2 rings (SSSR count). The van der Waals surface area contributed by atoms with Crippen LogP contribution in [0.3, 0.4) is 0 Å². The van der Waals surface area contributed by atoms with Crippen molar-refractivity contribution in [2.75, 3.05) is 6.61 Å². The van der Waals surface area contributed by atoms with Crippen molar-refractivity contribution in [3.05, 3.63) is 24.3 Å². The van der Waals surface area contributed by atoms with Gasteiger partial charge in [0.2, 0.25) is 0 Å². The molecular weight excluding hydrogens is 239 g/mol. The molecule has 0 aromatic heterocycles. The van der Waals surface area contributed by atoms with E-state index >= 15 is 0 Å². The summed E-state index contributed by atoms with van der Waals surface area (Å²) < 4.78 is 35.6. The fourth-order valence-electron chi connectivity index (χ4n) is 1.21. The summed E-state index contributed by atoms with van der Waals surface area (Å²) in [6, 6.07) is 5.76. The van der Waals surface area contributed by atoms with E-state index in [-0.39, 0.29) is 34.5 Å². The molecule has 1 saturated carbocycles. The molecule has 0 aliphatic heterocycles. The van der Waals surface area contributed by atoms with Crippen LogP contribution in [0.5, 0.6) is 5.75 Å². The van der Waals surface area contributed by atoms with Gasteiger partial charge in [-0.1, -0.05) is 0 Å². The molecule has 1 aliphatic carbocycles. The summed E-state index contributed by atoms with van der Waals surface area (Å²) in [6.45, 7) is 0.686. The molecular formula is C10H13NaO4S. The van der Waals surface area contributed by atoms with Crippen LogP contribution in [0.15, 0.2) is 29.2 Å². The van der Waals surface area contributed by atoms with E-state index in [4.69, 9.17) is 9.29 Å². The van der Waals surface area contributed by atoms with Gasteiger partial charge in [0.25, 0.3) is 10.1 Å². The van der Waals surface area contributed by atoms with Gasteiger partial charge >= 0.3 is 29.6 Å². The Labute approximate surface area is 117 Å². The zero-order chi connectivity index (χ0) is 10.9. The zero-order valence-corrected chi connectivity index (χ0v) is 8.90. The maximum absolute atomic E-state index is 10.7. The Kier molecular flexibility index (Phi) is 4.82. The molecule has 4 nitrogen and oxygen atoms in total. The fraction of sp³-hybridized carbons (Fsp3) is 0.400. The first-order valence-corrected chi connectivity index (χ1v) is 6.20. The van der Waals surface area contributed by atoms with Crippen LogP contribution >= 0.6 is 0 Å². The van der Waals surface area contributed by atoms with Crippen LogP contribution < -0.4 is 4.74 Å². The summed E-state index contributed by atoms with van der Waals surface area (Å²) in [7, 11) is -4.09. The summed E-state index contributed by atoms with van der Waals surface area (Å²) in [5.41, 5.74) is 0. The molecule has 0 atom stereocenters. The van der Waals surface area contributed by atoms with Crippen molar-refractivity contribution in [2.45, 2.75) is 17.7 Å². The molecule has 0 heterocycles. The average molecular weight is 252 g/mol. The molecule has 0 spiro atoms. The second kappa shape index (κ2) is 5.51. The summed E-state index contributed by atoms with van der Waals surface area (Å²) >= 11 is 0. The van der Waals surface area contributed by atoms with Crippen LogP contribution in [0.2, 0.25) is 0 Å².